The van der Waals surface area contributed by atoms with Crippen LogP contribution >= 0.6 is 0 Å². The first kappa shape index (κ1) is 16.4. The summed E-state index contributed by atoms with van der Waals surface area (Å²) in [7, 11) is -3.74. The van der Waals surface area contributed by atoms with Crippen molar-refractivity contribution < 1.29 is 17.4 Å². The molecule has 8 heteroatoms. The first-order chi connectivity index (χ1) is 11.3. The summed E-state index contributed by atoms with van der Waals surface area (Å²) in [6.45, 7) is 4.09. The van der Waals surface area contributed by atoms with E-state index in [1.165, 1.54) is 12.1 Å². The lowest BCUT2D eigenvalue weighted by Gasteiger charge is -2.01. The Labute approximate surface area is 139 Å². The molecule has 0 aliphatic heterocycles. The van der Waals surface area contributed by atoms with Crippen LogP contribution in [0.2, 0.25) is 0 Å². The molecule has 0 fully saturated rings. The Hall–Kier alpha value is -2.45. The number of hydrogen-bond acceptors (Lipinski definition) is 6. The fourth-order valence-electron chi connectivity index (χ4n) is 2.38. The second-order valence-electron chi connectivity index (χ2n) is 5.74. The normalized spacial score (nSPS) is 12.0. The summed E-state index contributed by atoms with van der Waals surface area (Å²) in [4.78, 5) is 4.38. The number of nitrogens with two attached hydrogens (primary N) is 1. The first-order valence-electron chi connectivity index (χ1n) is 7.36. The van der Waals surface area contributed by atoms with Gasteiger partial charge in [0.1, 0.15) is 0 Å². The van der Waals surface area contributed by atoms with E-state index in [4.69, 9.17) is 14.1 Å². The first-order valence-corrected chi connectivity index (χ1v) is 8.91. The van der Waals surface area contributed by atoms with E-state index in [1.54, 1.807) is 18.4 Å². The molecular formula is C16H17N3O4S. The fourth-order valence-corrected chi connectivity index (χ4v) is 2.96. The van der Waals surface area contributed by atoms with Crippen LogP contribution in [0.25, 0.3) is 11.7 Å². The van der Waals surface area contributed by atoms with Crippen LogP contribution in [0.3, 0.4) is 0 Å². The largest absolute Gasteiger partial charge is 0.459 e. The van der Waals surface area contributed by atoms with Crippen molar-refractivity contribution in [3.8, 4) is 11.7 Å². The lowest BCUT2D eigenvalue weighted by Crippen LogP contribution is -2.12. The average Bonchev–Trinajstić information content (AvgIpc) is 3.15. The maximum atomic E-state index is 11.4. The Bertz CT molecular complexity index is 957. The Kier molecular flexibility index (Phi) is 4.25. The average molecular weight is 347 g/mol. The van der Waals surface area contributed by atoms with E-state index in [1.807, 2.05) is 19.9 Å². The van der Waals surface area contributed by atoms with Gasteiger partial charge < -0.3 is 8.94 Å². The van der Waals surface area contributed by atoms with Crippen molar-refractivity contribution >= 4 is 10.0 Å². The number of sulfonamides is 1. The van der Waals surface area contributed by atoms with E-state index < -0.39 is 10.0 Å². The predicted octanol–water partition coefficient (Wildman–Crippen LogP) is 2.69. The summed E-state index contributed by atoms with van der Waals surface area (Å²) in [6, 6.07) is 8.21. The topological polar surface area (TPSA) is 112 Å². The zero-order valence-electron chi connectivity index (χ0n) is 13.3. The van der Waals surface area contributed by atoms with Crippen LogP contribution in [0.5, 0.6) is 0 Å². The highest BCUT2D eigenvalue weighted by Gasteiger charge is 2.18. The highest BCUT2D eigenvalue weighted by atomic mass is 32.2. The minimum Gasteiger partial charge on any atom is -0.459 e. The SMILES string of the molecule is CC(C)c1ccoc1-c1nc(Cc2cccc(S(N)(=O)=O)c2)no1. The molecule has 126 valence electrons. The van der Waals surface area contributed by atoms with E-state index in [0.29, 0.717) is 23.9 Å². The lowest BCUT2D eigenvalue weighted by molar-refractivity contribution is 0.409. The predicted molar refractivity (Wildman–Crippen MR) is 86.7 cm³/mol. The van der Waals surface area contributed by atoms with Crippen molar-refractivity contribution in [2.75, 3.05) is 0 Å². The third kappa shape index (κ3) is 3.39. The molecule has 3 rings (SSSR count). The molecule has 0 saturated carbocycles. The monoisotopic (exact) mass is 347 g/mol. The maximum absolute atomic E-state index is 11.4. The van der Waals surface area contributed by atoms with E-state index >= 15 is 0 Å². The number of furan rings is 1. The van der Waals surface area contributed by atoms with Crippen molar-refractivity contribution in [1.82, 2.24) is 10.1 Å². The number of rotatable bonds is 5. The molecular weight excluding hydrogens is 330 g/mol. The molecule has 3 aromatic rings. The number of hydrogen-bond donors (Lipinski definition) is 1. The van der Waals surface area contributed by atoms with Crippen LogP contribution in [-0.4, -0.2) is 18.6 Å². The van der Waals surface area contributed by atoms with Gasteiger partial charge in [-0.15, -0.1) is 0 Å². The van der Waals surface area contributed by atoms with Gasteiger partial charge in [-0.1, -0.05) is 31.1 Å². The van der Waals surface area contributed by atoms with Crippen molar-refractivity contribution in [2.45, 2.75) is 31.1 Å². The van der Waals surface area contributed by atoms with Gasteiger partial charge in [-0.25, -0.2) is 13.6 Å². The number of nitrogens with zero attached hydrogens (tertiary/aromatic N) is 2. The van der Waals surface area contributed by atoms with Gasteiger partial charge in [-0.2, -0.15) is 4.98 Å². The molecule has 0 spiro atoms. The summed E-state index contributed by atoms with van der Waals surface area (Å²) in [5.41, 5.74) is 1.71. The number of aromatic nitrogens is 2. The van der Waals surface area contributed by atoms with Crippen molar-refractivity contribution in [1.29, 1.82) is 0 Å². The van der Waals surface area contributed by atoms with Crippen molar-refractivity contribution in [2.24, 2.45) is 5.14 Å². The van der Waals surface area contributed by atoms with E-state index in [2.05, 4.69) is 10.1 Å². The highest BCUT2D eigenvalue weighted by molar-refractivity contribution is 7.89. The fraction of sp³-hybridized carbons (Fsp3) is 0.250. The molecule has 0 atom stereocenters. The Morgan fingerprint density at radius 2 is 2.04 bits per heavy atom. The summed E-state index contributed by atoms with van der Waals surface area (Å²) < 4.78 is 33.5. The number of benzene rings is 1. The second-order valence-corrected chi connectivity index (χ2v) is 7.31. The van der Waals surface area contributed by atoms with E-state index in [0.717, 1.165) is 11.1 Å². The van der Waals surface area contributed by atoms with Gasteiger partial charge in [-0.3, -0.25) is 0 Å². The van der Waals surface area contributed by atoms with Crippen LogP contribution < -0.4 is 5.14 Å². The molecule has 0 aliphatic rings. The van der Waals surface area contributed by atoms with Gasteiger partial charge in [0.25, 0.3) is 5.89 Å². The standard InChI is InChI=1S/C16H17N3O4S/c1-10(2)13-6-7-22-15(13)16-18-14(19-23-16)9-11-4-3-5-12(8-11)24(17,20)21/h3-8,10H,9H2,1-2H3,(H2,17,20,21). The minimum absolute atomic E-state index is 0.0526. The van der Waals surface area contributed by atoms with Gasteiger partial charge in [0.2, 0.25) is 10.0 Å². The summed E-state index contributed by atoms with van der Waals surface area (Å²) in [5, 5.41) is 9.08. The zero-order valence-corrected chi connectivity index (χ0v) is 14.1. The van der Waals surface area contributed by atoms with Gasteiger partial charge in [0.05, 0.1) is 11.2 Å². The summed E-state index contributed by atoms with van der Waals surface area (Å²) >= 11 is 0. The molecule has 2 aromatic heterocycles. The summed E-state index contributed by atoms with van der Waals surface area (Å²) in [5.74, 6) is 1.56. The quantitative estimate of drug-likeness (QED) is 0.759. The van der Waals surface area contributed by atoms with Crippen molar-refractivity contribution in [3.05, 3.63) is 53.5 Å². The molecule has 0 aliphatic carbocycles. The molecule has 0 saturated heterocycles. The summed E-state index contributed by atoms with van der Waals surface area (Å²) in [6.07, 6.45) is 1.91. The van der Waals surface area contributed by atoms with Crippen molar-refractivity contribution in [3.63, 3.8) is 0 Å². The Balaban J connectivity index is 1.86. The molecule has 2 N–H and O–H groups in total. The third-order valence-corrected chi connectivity index (χ3v) is 4.48. The van der Waals surface area contributed by atoms with Gasteiger partial charge in [0, 0.05) is 12.0 Å². The van der Waals surface area contributed by atoms with Gasteiger partial charge in [0.15, 0.2) is 11.6 Å². The Morgan fingerprint density at radius 3 is 2.75 bits per heavy atom. The molecule has 24 heavy (non-hydrogen) atoms. The molecule has 0 radical (unpaired) electrons. The number of primary sulfonamides is 1. The zero-order chi connectivity index (χ0) is 17.3. The van der Waals surface area contributed by atoms with Crippen LogP contribution in [0.15, 0.2) is 50.4 Å². The molecule has 0 amide bonds. The molecule has 0 unspecified atom stereocenters. The lowest BCUT2D eigenvalue weighted by atomic mass is 10.0. The van der Waals surface area contributed by atoms with Gasteiger partial charge in [-0.05, 0) is 29.7 Å². The van der Waals surface area contributed by atoms with Crippen LogP contribution in [0.1, 0.15) is 36.7 Å². The Morgan fingerprint density at radius 1 is 1.25 bits per heavy atom. The van der Waals surface area contributed by atoms with E-state index in [-0.39, 0.29) is 10.8 Å². The smallest absolute Gasteiger partial charge is 0.293 e. The highest BCUT2D eigenvalue weighted by Crippen LogP contribution is 2.29. The minimum atomic E-state index is -3.74. The molecule has 0 bridgehead atoms. The molecule has 1 aromatic carbocycles. The third-order valence-electron chi connectivity index (χ3n) is 3.57. The molecule has 2 heterocycles. The van der Waals surface area contributed by atoms with Crippen LogP contribution in [0, 0.1) is 0 Å². The van der Waals surface area contributed by atoms with Gasteiger partial charge >= 0.3 is 0 Å². The maximum Gasteiger partial charge on any atom is 0.293 e. The van der Waals surface area contributed by atoms with E-state index in [9.17, 15) is 8.42 Å². The molecule has 7 nitrogen and oxygen atoms in total. The second kappa shape index (κ2) is 6.21. The van der Waals surface area contributed by atoms with Crippen LogP contribution in [0.4, 0.5) is 0 Å². The van der Waals surface area contributed by atoms with Crippen LogP contribution in [-0.2, 0) is 16.4 Å².